The summed E-state index contributed by atoms with van der Waals surface area (Å²) in [4.78, 5) is 14.7. The number of hydrogen-bond acceptors (Lipinski definition) is 3. The van der Waals surface area contributed by atoms with Crippen molar-refractivity contribution in [1.29, 1.82) is 0 Å². The van der Waals surface area contributed by atoms with Gasteiger partial charge in [0.05, 0.1) is 10.7 Å². The maximum atomic E-state index is 10.6. The van der Waals surface area contributed by atoms with Crippen molar-refractivity contribution in [2.75, 3.05) is 31.1 Å². The van der Waals surface area contributed by atoms with Crippen molar-refractivity contribution < 1.29 is 4.79 Å². The average Bonchev–Trinajstić information content (AvgIpc) is 2.38. The second-order valence-corrected chi connectivity index (χ2v) is 5.42. The Morgan fingerprint density at radius 2 is 1.83 bits per heavy atom. The van der Waals surface area contributed by atoms with E-state index < -0.39 is 5.50 Å². The van der Waals surface area contributed by atoms with E-state index in [1.165, 1.54) is 0 Å². The number of alkyl halides is 1. The summed E-state index contributed by atoms with van der Waals surface area (Å²) in [5.41, 5.74) is 0.436. The molecule has 2 rings (SSSR count). The third-order valence-electron chi connectivity index (χ3n) is 3.03. The van der Waals surface area contributed by atoms with Crippen molar-refractivity contribution in [3.8, 4) is 0 Å². The lowest BCUT2D eigenvalue weighted by Crippen LogP contribution is -2.49. The average molecular weight is 308 g/mol. The van der Waals surface area contributed by atoms with Crippen LogP contribution >= 0.6 is 34.8 Å². The van der Waals surface area contributed by atoms with Crippen LogP contribution in [0.2, 0.25) is 10.0 Å². The summed E-state index contributed by atoms with van der Waals surface area (Å²) >= 11 is 17.9. The largest absolute Gasteiger partial charge is 0.368 e. The summed E-state index contributed by atoms with van der Waals surface area (Å²) in [6.07, 6.45) is 0.756. The minimum Gasteiger partial charge on any atom is -0.368 e. The SMILES string of the molecule is O=CC(Cl)N1CCN(c2ccc(Cl)cc2Cl)CC1. The number of carbonyl (C=O) groups excluding carboxylic acids is 1. The Bertz CT molecular complexity index is 433. The van der Waals surface area contributed by atoms with Gasteiger partial charge < -0.3 is 9.69 Å². The Hall–Kier alpha value is -0.480. The second-order valence-electron chi connectivity index (χ2n) is 4.13. The normalized spacial score (nSPS) is 18.7. The number of carbonyl (C=O) groups is 1. The fraction of sp³-hybridized carbons (Fsp3) is 0.417. The molecule has 1 heterocycles. The maximum Gasteiger partial charge on any atom is 0.152 e. The molecule has 1 unspecified atom stereocenters. The lowest BCUT2D eigenvalue weighted by atomic mass is 10.2. The summed E-state index contributed by atoms with van der Waals surface area (Å²) in [6.45, 7) is 3.06. The first-order chi connectivity index (χ1) is 8.61. The molecule has 1 atom stereocenters. The van der Waals surface area contributed by atoms with Gasteiger partial charge in [-0.05, 0) is 18.2 Å². The van der Waals surface area contributed by atoms with Crippen molar-refractivity contribution in [2.45, 2.75) is 5.50 Å². The van der Waals surface area contributed by atoms with E-state index in [2.05, 4.69) is 4.90 Å². The first-order valence-corrected chi connectivity index (χ1v) is 6.84. The lowest BCUT2D eigenvalue weighted by molar-refractivity contribution is -0.110. The molecule has 0 bridgehead atoms. The van der Waals surface area contributed by atoms with Crippen molar-refractivity contribution in [3.05, 3.63) is 28.2 Å². The molecule has 0 spiro atoms. The third-order valence-corrected chi connectivity index (χ3v) is 3.94. The molecule has 1 aliphatic heterocycles. The molecule has 18 heavy (non-hydrogen) atoms. The highest BCUT2D eigenvalue weighted by Gasteiger charge is 2.22. The number of rotatable bonds is 3. The van der Waals surface area contributed by atoms with Gasteiger partial charge in [0.1, 0.15) is 5.50 Å². The van der Waals surface area contributed by atoms with Gasteiger partial charge in [-0.3, -0.25) is 4.90 Å². The minimum absolute atomic E-state index is 0.534. The molecule has 1 saturated heterocycles. The van der Waals surface area contributed by atoms with Crippen LogP contribution in [0.3, 0.4) is 0 Å². The van der Waals surface area contributed by atoms with Crippen LogP contribution in [0, 0.1) is 0 Å². The Morgan fingerprint density at radius 1 is 1.17 bits per heavy atom. The minimum atomic E-state index is -0.534. The van der Waals surface area contributed by atoms with Gasteiger partial charge in [-0.1, -0.05) is 34.8 Å². The molecule has 0 saturated carbocycles. The van der Waals surface area contributed by atoms with E-state index in [4.69, 9.17) is 34.8 Å². The molecule has 1 fully saturated rings. The Morgan fingerprint density at radius 3 is 2.39 bits per heavy atom. The second kappa shape index (κ2) is 6.11. The quantitative estimate of drug-likeness (QED) is 0.487. The van der Waals surface area contributed by atoms with E-state index in [1.807, 2.05) is 17.0 Å². The van der Waals surface area contributed by atoms with Gasteiger partial charge in [-0.2, -0.15) is 0 Å². The molecular formula is C12H13Cl3N2O. The Labute approximate surface area is 121 Å². The number of benzene rings is 1. The predicted octanol–water partition coefficient (Wildman–Crippen LogP) is 2.88. The molecule has 1 aliphatic rings. The summed E-state index contributed by atoms with van der Waals surface area (Å²) in [6, 6.07) is 5.48. The number of hydrogen-bond donors (Lipinski definition) is 0. The number of halogens is 3. The van der Waals surface area contributed by atoms with Crippen LogP contribution in [0.1, 0.15) is 0 Å². The molecule has 3 nitrogen and oxygen atoms in total. The maximum absolute atomic E-state index is 10.6. The van der Waals surface area contributed by atoms with Crippen LogP contribution in [0.5, 0.6) is 0 Å². The van der Waals surface area contributed by atoms with E-state index in [0.29, 0.717) is 10.0 Å². The summed E-state index contributed by atoms with van der Waals surface area (Å²) in [5.74, 6) is 0. The van der Waals surface area contributed by atoms with E-state index in [9.17, 15) is 4.79 Å². The van der Waals surface area contributed by atoms with Crippen LogP contribution in [-0.2, 0) is 4.79 Å². The predicted molar refractivity (Wildman–Crippen MR) is 76.0 cm³/mol. The molecular weight excluding hydrogens is 295 g/mol. The molecule has 98 valence electrons. The fourth-order valence-corrected chi connectivity index (χ4v) is 2.76. The smallest absolute Gasteiger partial charge is 0.152 e. The van der Waals surface area contributed by atoms with Gasteiger partial charge in [-0.25, -0.2) is 0 Å². The molecule has 1 aromatic rings. The monoisotopic (exact) mass is 306 g/mol. The fourth-order valence-electron chi connectivity index (χ4n) is 2.03. The summed E-state index contributed by atoms with van der Waals surface area (Å²) < 4.78 is 0. The molecule has 1 aromatic carbocycles. The van der Waals surface area contributed by atoms with Crippen LogP contribution < -0.4 is 4.90 Å². The van der Waals surface area contributed by atoms with Gasteiger partial charge in [-0.15, -0.1) is 0 Å². The van der Waals surface area contributed by atoms with Crippen LogP contribution in [0.15, 0.2) is 18.2 Å². The van der Waals surface area contributed by atoms with E-state index in [-0.39, 0.29) is 0 Å². The van der Waals surface area contributed by atoms with Crippen molar-refractivity contribution in [1.82, 2.24) is 4.90 Å². The number of piperazine rings is 1. The third kappa shape index (κ3) is 3.09. The number of anilines is 1. The highest BCUT2D eigenvalue weighted by molar-refractivity contribution is 6.36. The zero-order chi connectivity index (χ0) is 13.1. The van der Waals surface area contributed by atoms with E-state index >= 15 is 0 Å². The van der Waals surface area contributed by atoms with Gasteiger partial charge in [0.25, 0.3) is 0 Å². The summed E-state index contributed by atoms with van der Waals surface area (Å²) in [5, 5.41) is 1.28. The van der Waals surface area contributed by atoms with Gasteiger partial charge in [0.2, 0.25) is 0 Å². The molecule has 0 aliphatic carbocycles. The van der Waals surface area contributed by atoms with Crippen LogP contribution in [0.4, 0.5) is 5.69 Å². The first-order valence-electron chi connectivity index (χ1n) is 5.65. The topological polar surface area (TPSA) is 23.6 Å². The van der Waals surface area contributed by atoms with Crippen LogP contribution in [0.25, 0.3) is 0 Å². The molecule has 0 N–H and O–H groups in total. The van der Waals surface area contributed by atoms with Crippen molar-refractivity contribution in [2.24, 2.45) is 0 Å². The lowest BCUT2D eigenvalue weighted by Gasteiger charge is -2.37. The van der Waals surface area contributed by atoms with Gasteiger partial charge in [0.15, 0.2) is 6.29 Å². The van der Waals surface area contributed by atoms with Crippen molar-refractivity contribution in [3.63, 3.8) is 0 Å². The zero-order valence-corrected chi connectivity index (χ0v) is 11.9. The highest BCUT2D eigenvalue weighted by Crippen LogP contribution is 2.29. The molecule has 0 radical (unpaired) electrons. The molecule has 0 aromatic heterocycles. The standard InChI is InChI=1S/C12H13Cl3N2O/c13-9-1-2-11(10(14)7-9)16-3-5-17(6-4-16)12(15)8-18/h1-2,7-8,12H,3-6H2. The van der Waals surface area contributed by atoms with E-state index in [1.54, 1.807) is 6.07 Å². The summed E-state index contributed by atoms with van der Waals surface area (Å²) in [7, 11) is 0. The first kappa shape index (κ1) is 13.9. The Balaban J connectivity index is 2.03. The van der Waals surface area contributed by atoms with E-state index in [0.717, 1.165) is 38.2 Å². The number of aldehydes is 1. The zero-order valence-electron chi connectivity index (χ0n) is 9.65. The van der Waals surface area contributed by atoms with Crippen molar-refractivity contribution >= 4 is 46.8 Å². The van der Waals surface area contributed by atoms with Gasteiger partial charge in [0, 0.05) is 31.2 Å². The van der Waals surface area contributed by atoms with Gasteiger partial charge >= 0.3 is 0 Å². The number of nitrogens with zero attached hydrogens (tertiary/aromatic N) is 2. The highest BCUT2D eigenvalue weighted by atomic mass is 35.5. The molecule has 6 heteroatoms. The molecule has 0 amide bonds. The van der Waals surface area contributed by atoms with Crippen LogP contribution in [-0.4, -0.2) is 42.9 Å². The Kier molecular flexibility index (Phi) is 4.73.